The van der Waals surface area contributed by atoms with Crippen LogP contribution in [0.1, 0.15) is 45.8 Å². The number of carbonyl (C=O) groups excluding carboxylic acids is 1. The molecule has 0 spiro atoms. The summed E-state index contributed by atoms with van der Waals surface area (Å²) in [7, 11) is 0. The second-order valence-electron chi connectivity index (χ2n) is 5.87. The second-order valence-corrected chi connectivity index (χ2v) is 5.87. The Balaban J connectivity index is 1.95. The van der Waals surface area contributed by atoms with Gasteiger partial charge < -0.3 is 0 Å². The maximum atomic E-state index is 11.2. The predicted octanol–water partition coefficient (Wildman–Crippen LogP) is 4.20. The van der Waals surface area contributed by atoms with Crippen molar-refractivity contribution in [2.45, 2.75) is 26.3 Å². The molecule has 0 aliphatic rings. The minimum atomic E-state index is 0.0883. The van der Waals surface area contributed by atoms with Crippen LogP contribution in [0.2, 0.25) is 0 Å². The van der Waals surface area contributed by atoms with E-state index in [1.54, 1.807) is 0 Å². The normalized spacial score (nSPS) is 12.1. The molecule has 0 bridgehead atoms. The number of nitrogens with zero attached hydrogens (tertiary/aromatic N) is 2. The van der Waals surface area contributed by atoms with Crippen molar-refractivity contribution in [1.29, 1.82) is 0 Å². The first kappa shape index (κ1) is 15.2. The molecular weight excluding hydrogens is 284 g/mol. The Bertz CT molecular complexity index is 788. The Hall–Kier alpha value is -2.68. The fourth-order valence-corrected chi connectivity index (χ4v) is 2.77. The molecule has 0 saturated heterocycles. The lowest BCUT2D eigenvalue weighted by molar-refractivity contribution is 0.111. The van der Waals surface area contributed by atoms with Gasteiger partial charge in [0.1, 0.15) is 5.69 Å². The van der Waals surface area contributed by atoms with Gasteiger partial charge in [0.15, 0.2) is 6.29 Å². The van der Waals surface area contributed by atoms with Gasteiger partial charge in [0.05, 0.1) is 6.04 Å². The van der Waals surface area contributed by atoms with Gasteiger partial charge in [-0.2, -0.15) is 5.10 Å². The summed E-state index contributed by atoms with van der Waals surface area (Å²) in [4.78, 5) is 11.2. The summed E-state index contributed by atoms with van der Waals surface area (Å²) in [5.41, 5.74) is 5.17. The van der Waals surface area contributed by atoms with E-state index in [4.69, 9.17) is 0 Å². The number of carbonyl (C=O) groups is 1. The number of aromatic nitrogens is 2. The van der Waals surface area contributed by atoms with Crippen LogP contribution in [-0.2, 0) is 6.42 Å². The Morgan fingerprint density at radius 2 is 1.78 bits per heavy atom. The summed E-state index contributed by atoms with van der Waals surface area (Å²) in [6, 6.07) is 20.7. The largest absolute Gasteiger partial charge is 0.296 e. The van der Waals surface area contributed by atoms with Gasteiger partial charge in [-0.3, -0.25) is 9.48 Å². The van der Waals surface area contributed by atoms with E-state index in [0.29, 0.717) is 5.69 Å². The molecule has 116 valence electrons. The zero-order valence-corrected chi connectivity index (χ0v) is 13.4. The van der Waals surface area contributed by atoms with E-state index in [9.17, 15) is 4.79 Å². The zero-order chi connectivity index (χ0) is 16.2. The Kier molecular flexibility index (Phi) is 4.38. The quantitative estimate of drug-likeness (QED) is 0.662. The molecule has 1 unspecified atom stereocenters. The maximum absolute atomic E-state index is 11.2. The summed E-state index contributed by atoms with van der Waals surface area (Å²) >= 11 is 0. The van der Waals surface area contributed by atoms with Gasteiger partial charge >= 0.3 is 0 Å². The highest BCUT2D eigenvalue weighted by Gasteiger charge is 2.15. The second kappa shape index (κ2) is 6.61. The van der Waals surface area contributed by atoms with Crippen LogP contribution in [-0.4, -0.2) is 16.1 Å². The van der Waals surface area contributed by atoms with Crippen LogP contribution in [0.4, 0.5) is 0 Å². The van der Waals surface area contributed by atoms with Crippen LogP contribution in [0.25, 0.3) is 0 Å². The van der Waals surface area contributed by atoms with Crippen molar-refractivity contribution < 1.29 is 4.79 Å². The predicted molar refractivity (Wildman–Crippen MR) is 91.9 cm³/mol. The smallest absolute Gasteiger partial charge is 0.170 e. The lowest BCUT2D eigenvalue weighted by Crippen LogP contribution is -2.12. The molecule has 1 heterocycles. The van der Waals surface area contributed by atoms with Crippen LogP contribution in [0.3, 0.4) is 0 Å². The Morgan fingerprint density at radius 3 is 2.43 bits per heavy atom. The highest BCUT2D eigenvalue weighted by molar-refractivity contribution is 5.71. The summed E-state index contributed by atoms with van der Waals surface area (Å²) in [6.45, 7) is 4.19. The molecule has 0 saturated carbocycles. The molecule has 23 heavy (non-hydrogen) atoms. The standard InChI is InChI=1S/C20H20N2O/c1-15-8-10-17(11-9-15)12-20-13-19(14-23)21-22(20)16(2)18-6-4-3-5-7-18/h3-11,13-14,16H,12H2,1-2H3. The molecule has 0 amide bonds. The average molecular weight is 304 g/mol. The topological polar surface area (TPSA) is 34.9 Å². The van der Waals surface area contributed by atoms with Gasteiger partial charge in [-0.15, -0.1) is 0 Å². The van der Waals surface area contributed by atoms with Crippen LogP contribution >= 0.6 is 0 Å². The number of hydrogen-bond acceptors (Lipinski definition) is 2. The van der Waals surface area contributed by atoms with Crippen molar-refractivity contribution >= 4 is 6.29 Å². The minimum absolute atomic E-state index is 0.0883. The lowest BCUT2D eigenvalue weighted by atomic mass is 10.1. The highest BCUT2D eigenvalue weighted by Crippen LogP contribution is 2.21. The van der Waals surface area contributed by atoms with Crippen LogP contribution < -0.4 is 0 Å². The first-order valence-electron chi connectivity index (χ1n) is 7.81. The third-order valence-electron chi connectivity index (χ3n) is 4.11. The number of aryl methyl sites for hydroxylation is 1. The number of hydrogen-bond donors (Lipinski definition) is 0. The van der Waals surface area contributed by atoms with Gasteiger partial charge in [0.2, 0.25) is 0 Å². The molecular formula is C20H20N2O. The van der Waals surface area contributed by atoms with Gasteiger partial charge in [-0.1, -0.05) is 60.2 Å². The molecule has 0 fully saturated rings. The van der Waals surface area contributed by atoms with Crippen molar-refractivity contribution in [2.75, 3.05) is 0 Å². The molecule has 0 N–H and O–H groups in total. The Labute approximate surface area is 136 Å². The van der Waals surface area contributed by atoms with Crippen molar-refractivity contribution in [3.63, 3.8) is 0 Å². The van der Waals surface area contributed by atoms with Crippen LogP contribution in [0.5, 0.6) is 0 Å². The van der Waals surface area contributed by atoms with E-state index in [1.165, 1.54) is 16.7 Å². The molecule has 0 aliphatic heterocycles. The fraction of sp³-hybridized carbons (Fsp3) is 0.200. The van der Waals surface area contributed by atoms with E-state index in [0.717, 1.165) is 18.4 Å². The van der Waals surface area contributed by atoms with E-state index in [2.05, 4.69) is 55.3 Å². The van der Waals surface area contributed by atoms with Crippen molar-refractivity contribution in [3.8, 4) is 0 Å². The third kappa shape index (κ3) is 3.39. The van der Waals surface area contributed by atoms with E-state index in [-0.39, 0.29) is 6.04 Å². The van der Waals surface area contributed by atoms with Gasteiger partial charge in [0, 0.05) is 12.1 Å². The van der Waals surface area contributed by atoms with Gasteiger partial charge in [0.25, 0.3) is 0 Å². The molecule has 3 rings (SSSR count). The summed E-state index contributed by atoms with van der Waals surface area (Å²) < 4.78 is 1.96. The lowest BCUT2D eigenvalue weighted by Gasteiger charge is -2.16. The van der Waals surface area contributed by atoms with Crippen molar-refractivity contribution in [2.24, 2.45) is 0 Å². The zero-order valence-electron chi connectivity index (χ0n) is 13.4. The molecule has 3 nitrogen and oxygen atoms in total. The van der Waals surface area contributed by atoms with Gasteiger partial charge in [-0.25, -0.2) is 0 Å². The Morgan fingerprint density at radius 1 is 1.09 bits per heavy atom. The summed E-state index contributed by atoms with van der Waals surface area (Å²) in [5, 5.41) is 4.47. The highest BCUT2D eigenvalue weighted by atomic mass is 16.1. The van der Waals surface area contributed by atoms with E-state index in [1.807, 2.05) is 28.9 Å². The number of benzene rings is 2. The minimum Gasteiger partial charge on any atom is -0.296 e. The average Bonchev–Trinajstić information content (AvgIpc) is 3.00. The molecule has 0 aliphatic carbocycles. The van der Waals surface area contributed by atoms with Crippen LogP contribution in [0, 0.1) is 6.92 Å². The SMILES string of the molecule is Cc1ccc(Cc2cc(C=O)nn2C(C)c2ccccc2)cc1. The van der Waals surface area contributed by atoms with E-state index < -0.39 is 0 Å². The van der Waals surface area contributed by atoms with E-state index >= 15 is 0 Å². The molecule has 1 atom stereocenters. The molecule has 2 aromatic carbocycles. The molecule has 0 radical (unpaired) electrons. The third-order valence-corrected chi connectivity index (χ3v) is 4.11. The van der Waals surface area contributed by atoms with Crippen molar-refractivity contribution in [3.05, 3.63) is 88.7 Å². The number of rotatable bonds is 5. The maximum Gasteiger partial charge on any atom is 0.170 e. The first-order chi connectivity index (χ1) is 11.2. The molecule has 3 aromatic rings. The van der Waals surface area contributed by atoms with Crippen molar-refractivity contribution in [1.82, 2.24) is 9.78 Å². The molecule has 1 aromatic heterocycles. The summed E-state index contributed by atoms with van der Waals surface area (Å²) in [5.74, 6) is 0. The first-order valence-corrected chi connectivity index (χ1v) is 7.81. The summed E-state index contributed by atoms with van der Waals surface area (Å²) in [6.07, 6.45) is 1.57. The molecule has 3 heteroatoms. The monoisotopic (exact) mass is 304 g/mol. The van der Waals surface area contributed by atoms with Gasteiger partial charge in [-0.05, 0) is 31.0 Å². The fourth-order valence-electron chi connectivity index (χ4n) is 2.77. The number of aldehydes is 1. The van der Waals surface area contributed by atoms with Crippen LogP contribution in [0.15, 0.2) is 60.7 Å².